The van der Waals surface area contributed by atoms with Gasteiger partial charge in [-0.3, -0.25) is 0 Å². The van der Waals surface area contributed by atoms with Crippen LogP contribution in [-0.4, -0.2) is 4.57 Å². The highest BCUT2D eigenvalue weighted by Gasteiger charge is 2.52. The number of nitrogens with zero attached hydrogens (tertiary/aromatic N) is 2. The predicted molar refractivity (Wildman–Crippen MR) is 262 cm³/mol. The smallest absolute Gasteiger partial charge is 0.0529 e. The molecule has 4 aliphatic rings. The molecule has 2 unspecified atom stereocenters. The lowest BCUT2D eigenvalue weighted by molar-refractivity contribution is 0.473. The maximum Gasteiger partial charge on any atom is 0.0529 e. The average molecular weight is 809 g/mol. The third-order valence-electron chi connectivity index (χ3n) is 14.2. The number of para-hydroxylation sites is 1. The van der Waals surface area contributed by atoms with E-state index in [0.717, 1.165) is 31.4 Å². The summed E-state index contributed by atoms with van der Waals surface area (Å²) in [5, 5.41) is 0. The minimum atomic E-state index is -0.349. The number of aromatic nitrogens is 1. The monoisotopic (exact) mass is 808 g/mol. The zero-order valence-corrected chi connectivity index (χ0v) is 35.3. The highest BCUT2D eigenvalue weighted by atomic mass is 15.1. The van der Waals surface area contributed by atoms with Crippen molar-refractivity contribution in [2.45, 2.75) is 37.0 Å². The SMILES string of the molecule is C1=Cc2c(c3c(n2-c2ccccc2)C=CC(c2ccc(N(C4=CC=C5c6ccccc6C(c6ccccc6)(c6ccccc6)C5C4)c4ccc(-c5ccccc5)cc4)cc2)C3)CC1. The van der Waals surface area contributed by atoms with E-state index in [4.69, 9.17) is 0 Å². The largest absolute Gasteiger partial charge is 0.314 e. The molecule has 1 heterocycles. The molecule has 0 N–H and O–H groups in total. The molecule has 12 rings (SSSR count). The number of hydrogen-bond donors (Lipinski definition) is 0. The van der Waals surface area contributed by atoms with Gasteiger partial charge in [0.15, 0.2) is 0 Å². The number of rotatable bonds is 8. The van der Waals surface area contributed by atoms with E-state index in [-0.39, 0.29) is 11.3 Å². The molecular formula is C61H48N2. The second-order valence-electron chi connectivity index (χ2n) is 17.5. The van der Waals surface area contributed by atoms with Crippen molar-refractivity contribution in [3.05, 3.63) is 274 Å². The standard InChI is InChI=1S/C61H48N2/c1-5-17-43(18-6-1)44-29-34-50(35-30-44)62(51-36-31-45(32-37-51)46-33-40-60-56(41-46)55-26-14-16-28-59(55)63(60)49-23-11-4-12-24-49)52-38-39-54-53-25-13-15-27-57(53)61(58(54)42-52,47-19-7-2-8-20-47)48-21-9-3-10-22-48/h1-13,15-25,27-40,46,58H,14,26,41-42H2. The van der Waals surface area contributed by atoms with Gasteiger partial charge in [-0.25, -0.2) is 0 Å². The normalized spacial score (nSPS) is 17.8. The molecule has 2 heteroatoms. The van der Waals surface area contributed by atoms with Crippen LogP contribution in [0, 0.1) is 5.92 Å². The summed E-state index contributed by atoms with van der Waals surface area (Å²) in [6.45, 7) is 0. The first-order chi connectivity index (χ1) is 31.3. The Morgan fingerprint density at radius 1 is 0.508 bits per heavy atom. The summed E-state index contributed by atoms with van der Waals surface area (Å²) >= 11 is 0. The van der Waals surface area contributed by atoms with E-state index in [1.165, 1.54) is 84.1 Å². The maximum atomic E-state index is 2.52. The highest BCUT2D eigenvalue weighted by molar-refractivity contribution is 5.86. The van der Waals surface area contributed by atoms with Gasteiger partial charge in [-0.05, 0) is 136 Å². The fraction of sp³-hybridized carbons (Fsp3) is 0.115. The summed E-state index contributed by atoms with van der Waals surface area (Å²) in [6.07, 6.45) is 18.4. The third-order valence-corrected chi connectivity index (χ3v) is 14.2. The van der Waals surface area contributed by atoms with Crippen LogP contribution < -0.4 is 4.90 Å². The summed E-state index contributed by atoms with van der Waals surface area (Å²) in [5.74, 6) is 0.496. The van der Waals surface area contributed by atoms with Crippen LogP contribution in [0.25, 0.3) is 34.5 Å². The van der Waals surface area contributed by atoms with Crippen molar-refractivity contribution in [1.29, 1.82) is 0 Å². The molecule has 4 aliphatic carbocycles. The average Bonchev–Trinajstić information content (AvgIpc) is 3.86. The Bertz CT molecular complexity index is 3040. The lowest BCUT2D eigenvalue weighted by atomic mass is 9.62. The van der Waals surface area contributed by atoms with Gasteiger partial charge in [0.05, 0.1) is 5.41 Å². The van der Waals surface area contributed by atoms with Crippen LogP contribution in [0.15, 0.2) is 224 Å². The molecule has 7 aromatic carbocycles. The summed E-state index contributed by atoms with van der Waals surface area (Å²) in [7, 11) is 0. The molecular weight excluding hydrogens is 761 g/mol. The van der Waals surface area contributed by atoms with Crippen molar-refractivity contribution in [1.82, 2.24) is 4.57 Å². The summed E-state index contributed by atoms with van der Waals surface area (Å²) in [6, 6.07) is 71.9. The number of allylic oxidation sites excluding steroid dienone is 6. The Balaban J connectivity index is 0.946. The number of fused-ring (bicyclic) bond motifs is 6. The number of benzene rings is 7. The van der Waals surface area contributed by atoms with Gasteiger partial charge in [-0.2, -0.15) is 0 Å². The van der Waals surface area contributed by atoms with Crippen LogP contribution in [0.4, 0.5) is 11.4 Å². The topological polar surface area (TPSA) is 8.17 Å². The Kier molecular flexibility index (Phi) is 9.18. The first-order valence-electron chi connectivity index (χ1n) is 22.6. The quantitative estimate of drug-likeness (QED) is 0.148. The molecule has 0 saturated heterocycles. The molecule has 0 spiro atoms. The van der Waals surface area contributed by atoms with Gasteiger partial charge in [0.2, 0.25) is 0 Å². The minimum absolute atomic E-state index is 0.190. The first-order valence-corrected chi connectivity index (χ1v) is 22.6. The summed E-state index contributed by atoms with van der Waals surface area (Å²) in [5.41, 5.74) is 20.8. The van der Waals surface area contributed by atoms with Crippen molar-refractivity contribution < 1.29 is 0 Å². The molecule has 2 atom stereocenters. The van der Waals surface area contributed by atoms with E-state index in [0.29, 0.717) is 5.92 Å². The molecule has 0 amide bonds. The highest BCUT2D eigenvalue weighted by Crippen LogP contribution is 2.60. The predicted octanol–water partition coefficient (Wildman–Crippen LogP) is 14.9. The molecule has 0 radical (unpaired) electrons. The van der Waals surface area contributed by atoms with Crippen LogP contribution in [0.2, 0.25) is 0 Å². The zero-order valence-electron chi connectivity index (χ0n) is 35.3. The van der Waals surface area contributed by atoms with E-state index < -0.39 is 0 Å². The van der Waals surface area contributed by atoms with E-state index in [1.54, 1.807) is 0 Å². The maximum absolute atomic E-state index is 2.52. The molecule has 0 fully saturated rings. The van der Waals surface area contributed by atoms with Gasteiger partial charge in [0.1, 0.15) is 0 Å². The Labute approximate surface area is 371 Å². The molecule has 0 saturated carbocycles. The van der Waals surface area contributed by atoms with Crippen LogP contribution in [0.5, 0.6) is 0 Å². The van der Waals surface area contributed by atoms with Crippen molar-refractivity contribution in [3.63, 3.8) is 0 Å². The lowest BCUT2D eigenvalue weighted by Gasteiger charge is -2.41. The van der Waals surface area contributed by atoms with E-state index >= 15 is 0 Å². The Morgan fingerprint density at radius 2 is 1.10 bits per heavy atom. The van der Waals surface area contributed by atoms with E-state index in [9.17, 15) is 0 Å². The molecule has 0 bridgehead atoms. The molecule has 2 nitrogen and oxygen atoms in total. The molecule has 1 aromatic heterocycles. The Hall–Kier alpha value is -7.42. The van der Waals surface area contributed by atoms with E-state index in [1.807, 2.05) is 0 Å². The van der Waals surface area contributed by atoms with Crippen LogP contribution in [0.1, 0.15) is 69.1 Å². The van der Waals surface area contributed by atoms with Crippen molar-refractivity contribution in [2.75, 3.05) is 4.90 Å². The van der Waals surface area contributed by atoms with Gasteiger partial charge >= 0.3 is 0 Å². The number of hydrogen-bond acceptors (Lipinski definition) is 1. The van der Waals surface area contributed by atoms with Crippen molar-refractivity contribution in [3.8, 4) is 16.8 Å². The second-order valence-corrected chi connectivity index (χ2v) is 17.5. The molecule has 0 aliphatic heterocycles. The molecule has 8 aromatic rings. The third kappa shape index (κ3) is 6.15. The van der Waals surface area contributed by atoms with Crippen LogP contribution in [-0.2, 0) is 18.3 Å². The molecule has 63 heavy (non-hydrogen) atoms. The van der Waals surface area contributed by atoms with Crippen LogP contribution in [0.3, 0.4) is 0 Å². The first kappa shape index (κ1) is 37.4. The van der Waals surface area contributed by atoms with Crippen molar-refractivity contribution in [2.24, 2.45) is 5.92 Å². The minimum Gasteiger partial charge on any atom is -0.314 e. The lowest BCUT2D eigenvalue weighted by Crippen LogP contribution is -2.36. The van der Waals surface area contributed by atoms with E-state index in [2.05, 4.69) is 240 Å². The molecule has 302 valence electrons. The van der Waals surface area contributed by atoms with Crippen molar-refractivity contribution >= 4 is 29.1 Å². The van der Waals surface area contributed by atoms with Gasteiger partial charge < -0.3 is 9.47 Å². The summed E-state index contributed by atoms with van der Waals surface area (Å²) in [4.78, 5) is 2.52. The van der Waals surface area contributed by atoms with Crippen LogP contribution >= 0.6 is 0 Å². The Morgan fingerprint density at radius 3 is 1.79 bits per heavy atom. The van der Waals surface area contributed by atoms with Gasteiger partial charge in [-0.1, -0.05) is 176 Å². The summed E-state index contributed by atoms with van der Waals surface area (Å²) < 4.78 is 2.47. The zero-order chi connectivity index (χ0) is 41.7. The van der Waals surface area contributed by atoms with Gasteiger partial charge in [0, 0.05) is 46.0 Å². The van der Waals surface area contributed by atoms with Gasteiger partial charge in [-0.15, -0.1) is 0 Å². The fourth-order valence-corrected chi connectivity index (χ4v) is 11.4. The second kappa shape index (κ2) is 15.5. The fourth-order valence-electron chi connectivity index (χ4n) is 11.4. The number of anilines is 2. The van der Waals surface area contributed by atoms with Gasteiger partial charge in [0.25, 0.3) is 0 Å².